The first-order valence-electron chi connectivity index (χ1n) is 16.4. The molecule has 0 saturated heterocycles. The molecular formula is C33H66N2. The maximum Gasteiger partial charge on any atom is 0.103 e. The summed E-state index contributed by atoms with van der Waals surface area (Å²) in [6.45, 7) is 11.9. The summed E-state index contributed by atoms with van der Waals surface area (Å²) in [5.41, 5.74) is 0. The van der Waals surface area contributed by atoms with Gasteiger partial charge in [-0.15, -0.1) is 0 Å². The van der Waals surface area contributed by atoms with Gasteiger partial charge in [0.15, 0.2) is 0 Å². The van der Waals surface area contributed by atoms with Gasteiger partial charge in [-0.2, -0.15) is 0 Å². The molecule has 0 spiro atoms. The normalized spacial score (nSPS) is 15.7. The lowest BCUT2D eigenvalue weighted by Gasteiger charge is -2.36. The zero-order valence-electron chi connectivity index (χ0n) is 24.9. The molecule has 0 amide bonds. The summed E-state index contributed by atoms with van der Waals surface area (Å²) >= 11 is 0. The van der Waals surface area contributed by atoms with E-state index in [9.17, 15) is 0 Å². The molecule has 0 aliphatic carbocycles. The van der Waals surface area contributed by atoms with Crippen LogP contribution in [0.15, 0.2) is 12.4 Å². The summed E-state index contributed by atoms with van der Waals surface area (Å²) in [4.78, 5) is 5.27. The molecule has 1 rings (SSSR count). The minimum absolute atomic E-state index is 0.589. The van der Waals surface area contributed by atoms with Gasteiger partial charge < -0.3 is 9.80 Å². The largest absolute Gasteiger partial charge is 0.356 e. The molecule has 0 aromatic heterocycles. The van der Waals surface area contributed by atoms with Crippen LogP contribution in [0.2, 0.25) is 0 Å². The van der Waals surface area contributed by atoms with Gasteiger partial charge in [-0.3, -0.25) is 0 Å². The zero-order valence-corrected chi connectivity index (χ0v) is 24.9. The summed E-state index contributed by atoms with van der Waals surface area (Å²) in [6, 6.07) is 0. The van der Waals surface area contributed by atoms with Crippen LogP contribution in [0.3, 0.4) is 0 Å². The highest BCUT2D eigenvalue weighted by Crippen LogP contribution is 2.24. The van der Waals surface area contributed by atoms with E-state index in [1.807, 2.05) is 0 Å². The highest BCUT2D eigenvalue weighted by Gasteiger charge is 2.28. The van der Waals surface area contributed by atoms with Gasteiger partial charge in [0, 0.05) is 25.5 Å². The highest BCUT2D eigenvalue weighted by molar-refractivity contribution is 4.98. The van der Waals surface area contributed by atoms with Crippen LogP contribution in [-0.4, -0.2) is 29.1 Å². The van der Waals surface area contributed by atoms with Crippen molar-refractivity contribution in [1.29, 1.82) is 0 Å². The van der Waals surface area contributed by atoms with Gasteiger partial charge in [0.2, 0.25) is 0 Å². The van der Waals surface area contributed by atoms with Crippen molar-refractivity contribution in [2.24, 2.45) is 5.92 Å². The van der Waals surface area contributed by atoms with Gasteiger partial charge in [0.05, 0.1) is 0 Å². The summed E-state index contributed by atoms with van der Waals surface area (Å²) in [5.74, 6) is 0.690. The molecular weight excluding hydrogens is 424 g/mol. The summed E-state index contributed by atoms with van der Waals surface area (Å²) < 4.78 is 0. The van der Waals surface area contributed by atoms with Crippen LogP contribution < -0.4 is 0 Å². The van der Waals surface area contributed by atoms with Crippen molar-refractivity contribution in [3.05, 3.63) is 12.4 Å². The summed E-state index contributed by atoms with van der Waals surface area (Å²) in [6.07, 6.45) is 38.3. The molecule has 0 fully saturated rings. The van der Waals surface area contributed by atoms with Crippen molar-refractivity contribution in [1.82, 2.24) is 9.80 Å². The van der Waals surface area contributed by atoms with Crippen LogP contribution in [0.4, 0.5) is 0 Å². The lowest BCUT2D eigenvalue weighted by atomic mass is 10.0. The first-order chi connectivity index (χ1) is 17.2. The van der Waals surface area contributed by atoms with Gasteiger partial charge in [0.25, 0.3) is 0 Å². The van der Waals surface area contributed by atoms with E-state index in [1.165, 1.54) is 161 Å². The van der Waals surface area contributed by atoms with Gasteiger partial charge in [-0.25, -0.2) is 0 Å². The fourth-order valence-corrected chi connectivity index (χ4v) is 5.81. The van der Waals surface area contributed by atoms with Crippen LogP contribution in [0.25, 0.3) is 0 Å². The van der Waals surface area contributed by atoms with Crippen LogP contribution in [0.1, 0.15) is 175 Å². The first-order valence-corrected chi connectivity index (χ1v) is 16.4. The van der Waals surface area contributed by atoms with E-state index in [1.54, 1.807) is 0 Å². The molecule has 35 heavy (non-hydrogen) atoms. The van der Waals surface area contributed by atoms with Crippen LogP contribution in [0.5, 0.6) is 0 Å². The Morgan fingerprint density at radius 3 is 0.943 bits per heavy atom. The summed E-state index contributed by atoms with van der Waals surface area (Å²) in [7, 11) is 0. The van der Waals surface area contributed by atoms with E-state index >= 15 is 0 Å². The number of rotatable bonds is 26. The van der Waals surface area contributed by atoms with E-state index < -0.39 is 0 Å². The van der Waals surface area contributed by atoms with Crippen molar-refractivity contribution in [3.63, 3.8) is 0 Å². The molecule has 1 aliphatic rings. The maximum absolute atomic E-state index is 2.64. The van der Waals surface area contributed by atoms with E-state index in [-0.39, 0.29) is 0 Å². The molecule has 2 nitrogen and oxygen atoms in total. The van der Waals surface area contributed by atoms with Crippen molar-refractivity contribution < 1.29 is 0 Å². The van der Waals surface area contributed by atoms with Crippen molar-refractivity contribution in [2.45, 2.75) is 182 Å². The molecule has 0 N–H and O–H groups in total. The molecule has 0 bridgehead atoms. The predicted octanol–water partition coefficient (Wildman–Crippen LogP) is 11.1. The Hall–Kier alpha value is -0.660. The van der Waals surface area contributed by atoms with Crippen molar-refractivity contribution in [2.75, 3.05) is 13.1 Å². The Morgan fingerprint density at radius 1 is 0.429 bits per heavy atom. The van der Waals surface area contributed by atoms with Crippen LogP contribution in [0, 0.1) is 5.92 Å². The second-order valence-corrected chi connectivity index (χ2v) is 11.9. The van der Waals surface area contributed by atoms with Gasteiger partial charge in [-0.1, -0.05) is 163 Å². The van der Waals surface area contributed by atoms with E-state index in [2.05, 4.69) is 49.9 Å². The Labute approximate surface area is 222 Å². The monoisotopic (exact) mass is 491 g/mol. The minimum atomic E-state index is 0.589. The Balaban J connectivity index is 1.98. The lowest BCUT2D eigenvalue weighted by molar-refractivity contribution is 0.104. The number of nitrogens with zero attached hydrogens (tertiary/aromatic N) is 2. The van der Waals surface area contributed by atoms with Crippen LogP contribution >= 0.6 is 0 Å². The molecule has 0 aromatic rings. The molecule has 2 heteroatoms. The van der Waals surface area contributed by atoms with Gasteiger partial charge in [-0.05, 0) is 18.8 Å². The molecule has 0 aromatic carbocycles. The van der Waals surface area contributed by atoms with E-state index in [0.717, 1.165) is 0 Å². The van der Waals surface area contributed by atoms with Gasteiger partial charge in [0.1, 0.15) is 6.17 Å². The highest BCUT2D eigenvalue weighted by atomic mass is 15.4. The average molecular weight is 491 g/mol. The molecule has 208 valence electrons. The first kappa shape index (κ1) is 32.4. The second kappa shape index (κ2) is 23.7. The zero-order chi connectivity index (χ0) is 25.4. The number of hydrogen-bond acceptors (Lipinski definition) is 2. The molecule has 0 radical (unpaired) electrons. The second-order valence-electron chi connectivity index (χ2n) is 11.9. The van der Waals surface area contributed by atoms with Crippen LogP contribution in [-0.2, 0) is 0 Å². The molecule has 1 aliphatic heterocycles. The SMILES string of the molecule is CCCCCCCCCCCCCCCCCN1C=CN(CCCCCCCCCC)C1C(C)C. The quantitative estimate of drug-likeness (QED) is 0.111. The molecule has 1 heterocycles. The smallest absolute Gasteiger partial charge is 0.103 e. The standard InChI is InChI=1S/C33H66N2/c1-5-7-9-11-13-15-16-17-18-19-20-21-23-25-27-29-35-31-30-34(33(35)32(3)4)28-26-24-22-14-12-10-8-6-2/h30-33H,5-29H2,1-4H3. The third kappa shape index (κ3) is 17.4. The van der Waals surface area contributed by atoms with E-state index in [4.69, 9.17) is 0 Å². The predicted molar refractivity (Wildman–Crippen MR) is 159 cm³/mol. The number of hydrogen-bond donors (Lipinski definition) is 0. The van der Waals surface area contributed by atoms with Crippen molar-refractivity contribution in [3.8, 4) is 0 Å². The number of unbranched alkanes of at least 4 members (excludes halogenated alkanes) is 21. The third-order valence-electron chi connectivity index (χ3n) is 8.02. The Morgan fingerprint density at radius 2 is 0.686 bits per heavy atom. The average Bonchev–Trinajstić information content (AvgIpc) is 3.26. The maximum atomic E-state index is 2.64. The Bertz CT molecular complexity index is 458. The van der Waals surface area contributed by atoms with E-state index in [0.29, 0.717) is 12.1 Å². The fourth-order valence-electron chi connectivity index (χ4n) is 5.81. The summed E-state index contributed by atoms with van der Waals surface area (Å²) in [5, 5.41) is 0. The van der Waals surface area contributed by atoms with Crippen molar-refractivity contribution >= 4 is 0 Å². The Kier molecular flexibility index (Phi) is 21.9. The molecule has 0 saturated carbocycles. The molecule has 1 unspecified atom stereocenters. The third-order valence-corrected chi connectivity index (χ3v) is 8.02. The lowest BCUT2D eigenvalue weighted by Crippen LogP contribution is -2.43. The topological polar surface area (TPSA) is 6.48 Å². The fraction of sp³-hybridized carbons (Fsp3) is 0.939. The van der Waals surface area contributed by atoms with Gasteiger partial charge >= 0.3 is 0 Å². The molecule has 1 atom stereocenters. The minimum Gasteiger partial charge on any atom is -0.356 e.